The molecule has 2 heterocycles. The molecule has 7 heteroatoms. The van der Waals surface area contributed by atoms with E-state index in [2.05, 4.69) is 5.32 Å². The summed E-state index contributed by atoms with van der Waals surface area (Å²) in [5.41, 5.74) is -0.801. The highest BCUT2D eigenvalue weighted by atomic mass is 35.5. The molecule has 1 spiro atoms. The van der Waals surface area contributed by atoms with Crippen LogP contribution in [0, 0.1) is 0 Å². The first kappa shape index (κ1) is 16.5. The maximum Gasteiger partial charge on any atom is 0.325 e. The van der Waals surface area contributed by atoms with Gasteiger partial charge < -0.3 is 5.32 Å². The smallest absolute Gasteiger partial charge is 0.323 e. The summed E-state index contributed by atoms with van der Waals surface area (Å²) in [6.07, 6.45) is 6.51. The molecule has 1 saturated carbocycles. The van der Waals surface area contributed by atoms with Crippen molar-refractivity contribution in [2.45, 2.75) is 50.5 Å². The SMILES string of the molecule is O=C(CN1C(=O)NC2(CCCCCCC2)C1=O)c1ccc(Cl)s1. The molecule has 1 aliphatic carbocycles. The Labute approximate surface area is 144 Å². The first-order chi connectivity index (χ1) is 11.0. The number of carbonyl (C=O) groups is 3. The normalized spacial score (nSPS) is 21.2. The maximum atomic E-state index is 12.8. The van der Waals surface area contributed by atoms with Gasteiger partial charge in [0.15, 0.2) is 5.78 Å². The van der Waals surface area contributed by atoms with E-state index in [1.165, 1.54) is 6.42 Å². The molecule has 0 bridgehead atoms. The van der Waals surface area contributed by atoms with Crippen LogP contribution in [0.1, 0.15) is 54.6 Å². The van der Waals surface area contributed by atoms with Crippen molar-refractivity contribution in [1.29, 1.82) is 0 Å². The molecule has 1 N–H and O–H groups in total. The molecular weight excluding hydrogens is 336 g/mol. The zero-order valence-corrected chi connectivity index (χ0v) is 14.3. The number of nitrogens with zero attached hydrogens (tertiary/aromatic N) is 1. The van der Waals surface area contributed by atoms with Gasteiger partial charge in [-0.1, -0.05) is 43.7 Å². The van der Waals surface area contributed by atoms with Crippen LogP contribution in [-0.4, -0.2) is 34.7 Å². The number of thiophene rings is 1. The van der Waals surface area contributed by atoms with Gasteiger partial charge in [-0.15, -0.1) is 11.3 Å². The molecule has 3 amide bonds. The van der Waals surface area contributed by atoms with Crippen LogP contribution in [-0.2, 0) is 4.79 Å². The standard InChI is InChI=1S/C16H19ClN2O3S/c17-13-7-6-12(23-13)11(20)10-19-14(21)16(18-15(19)22)8-4-2-1-3-5-9-16/h6-7H,1-5,8-10H2,(H,18,22). The number of ketones is 1. The van der Waals surface area contributed by atoms with Crippen LogP contribution < -0.4 is 5.32 Å². The second-order valence-corrected chi connectivity index (χ2v) is 7.91. The van der Waals surface area contributed by atoms with Crippen LogP contribution in [0.2, 0.25) is 4.34 Å². The highest BCUT2D eigenvalue weighted by Crippen LogP contribution is 2.32. The van der Waals surface area contributed by atoms with Crippen molar-refractivity contribution >= 4 is 40.7 Å². The number of imide groups is 1. The van der Waals surface area contributed by atoms with Crippen molar-refractivity contribution in [2.24, 2.45) is 0 Å². The van der Waals surface area contributed by atoms with Crippen LogP contribution in [0.15, 0.2) is 12.1 Å². The molecule has 23 heavy (non-hydrogen) atoms. The fourth-order valence-corrected chi connectivity index (χ4v) is 4.33. The second-order valence-electron chi connectivity index (χ2n) is 6.20. The average molecular weight is 355 g/mol. The lowest BCUT2D eigenvalue weighted by Gasteiger charge is -2.28. The summed E-state index contributed by atoms with van der Waals surface area (Å²) in [5, 5.41) is 2.86. The molecule has 3 rings (SSSR count). The van der Waals surface area contributed by atoms with Gasteiger partial charge in [0.1, 0.15) is 5.54 Å². The lowest BCUT2D eigenvalue weighted by Crippen LogP contribution is -2.47. The van der Waals surface area contributed by atoms with Gasteiger partial charge in [-0.05, 0) is 25.0 Å². The van der Waals surface area contributed by atoms with E-state index in [1.807, 2.05) is 0 Å². The highest BCUT2D eigenvalue weighted by Gasteiger charge is 2.50. The minimum atomic E-state index is -0.801. The van der Waals surface area contributed by atoms with E-state index >= 15 is 0 Å². The van der Waals surface area contributed by atoms with Crippen molar-refractivity contribution in [3.63, 3.8) is 0 Å². The van der Waals surface area contributed by atoms with Crippen LogP contribution in [0.5, 0.6) is 0 Å². The molecule has 1 aliphatic heterocycles. The third-order valence-corrected chi connectivity index (χ3v) is 5.87. The topological polar surface area (TPSA) is 66.5 Å². The molecule has 1 aromatic rings. The summed E-state index contributed by atoms with van der Waals surface area (Å²) in [5.74, 6) is -0.506. The van der Waals surface area contributed by atoms with Crippen LogP contribution >= 0.6 is 22.9 Å². The molecule has 1 aromatic heterocycles. The van der Waals surface area contributed by atoms with Gasteiger partial charge in [0.2, 0.25) is 0 Å². The Balaban J connectivity index is 1.74. The number of rotatable bonds is 3. The van der Waals surface area contributed by atoms with Crippen LogP contribution in [0.3, 0.4) is 0 Å². The predicted octanol–water partition coefficient (Wildman–Crippen LogP) is 3.62. The monoisotopic (exact) mass is 354 g/mol. The van der Waals surface area contributed by atoms with Crippen molar-refractivity contribution in [1.82, 2.24) is 10.2 Å². The Hall–Kier alpha value is -1.40. The number of amides is 3. The summed E-state index contributed by atoms with van der Waals surface area (Å²) in [7, 11) is 0. The molecule has 1 saturated heterocycles. The maximum absolute atomic E-state index is 12.8. The third-order valence-electron chi connectivity index (χ3n) is 4.60. The number of halogens is 1. The zero-order chi connectivity index (χ0) is 16.4. The van der Waals surface area contributed by atoms with E-state index in [-0.39, 0.29) is 18.2 Å². The second kappa shape index (κ2) is 6.61. The minimum Gasteiger partial charge on any atom is -0.323 e. The summed E-state index contributed by atoms with van der Waals surface area (Å²) in [4.78, 5) is 38.9. The van der Waals surface area contributed by atoms with E-state index in [1.54, 1.807) is 12.1 Å². The lowest BCUT2D eigenvalue weighted by molar-refractivity contribution is -0.131. The fourth-order valence-electron chi connectivity index (χ4n) is 3.35. The van der Waals surface area contributed by atoms with E-state index in [4.69, 9.17) is 11.6 Å². The molecule has 0 unspecified atom stereocenters. The first-order valence-electron chi connectivity index (χ1n) is 7.94. The number of Topliss-reactive ketones (excluding diaryl/α,β-unsaturated/α-hetero) is 1. The molecule has 0 aromatic carbocycles. The van der Waals surface area contributed by atoms with E-state index in [0.29, 0.717) is 22.1 Å². The summed E-state index contributed by atoms with van der Waals surface area (Å²) >= 11 is 7.00. The highest BCUT2D eigenvalue weighted by molar-refractivity contribution is 7.18. The van der Waals surface area contributed by atoms with E-state index in [0.717, 1.165) is 41.9 Å². The fraction of sp³-hybridized carbons (Fsp3) is 0.562. The Morgan fingerprint density at radius 2 is 1.83 bits per heavy atom. The largest absolute Gasteiger partial charge is 0.325 e. The molecule has 5 nitrogen and oxygen atoms in total. The third kappa shape index (κ3) is 3.28. The van der Waals surface area contributed by atoms with Gasteiger partial charge in [0.05, 0.1) is 15.8 Å². The molecular formula is C16H19ClN2O3S. The Morgan fingerprint density at radius 3 is 2.43 bits per heavy atom. The average Bonchev–Trinajstić information content (AvgIpc) is 3.01. The first-order valence-corrected chi connectivity index (χ1v) is 9.14. The van der Waals surface area contributed by atoms with Crippen molar-refractivity contribution in [2.75, 3.05) is 6.54 Å². The predicted molar refractivity (Wildman–Crippen MR) is 89.0 cm³/mol. The van der Waals surface area contributed by atoms with E-state index < -0.39 is 11.6 Å². The lowest BCUT2D eigenvalue weighted by atomic mass is 9.84. The zero-order valence-electron chi connectivity index (χ0n) is 12.8. The van der Waals surface area contributed by atoms with Gasteiger partial charge in [0.25, 0.3) is 5.91 Å². The quantitative estimate of drug-likeness (QED) is 0.666. The summed E-state index contributed by atoms with van der Waals surface area (Å²) in [6, 6.07) is 2.81. The number of hydrogen-bond acceptors (Lipinski definition) is 4. The Bertz CT molecular complexity index is 635. The molecule has 2 fully saturated rings. The van der Waals surface area contributed by atoms with Gasteiger partial charge >= 0.3 is 6.03 Å². The summed E-state index contributed by atoms with van der Waals surface area (Å²) < 4.78 is 0.516. The van der Waals surface area contributed by atoms with Gasteiger partial charge in [-0.3, -0.25) is 14.5 Å². The minimum absolute atomic E-state index is 0.219. The molecule has 124 valence electrons. The van der Waals surface area contributed by atoms with Crippen molar-refractivity contribution < 1.29 is 14.4 Å². The van der Waals surface area contributed by atoms with Crippen molar-refractivity contribution in [3.05, 3.63) is 21.3 Å². The Kier molecular flexibility index (Phi) is 4.73. The van der Waals surface area contributed by atoms with E-state index in [9.17, 15) is 14.4 Å². The van der Waals surface area contributed by atoms with Crippen LogP contribution in [0.4, 0.5) is 4.79 Å². The molecule has 0 radical (unpaired) electrons. The number of urea groups is 1. The Morgan fingerprint density at radius 1 is 1.17 bits per heavy atom. The summed E-state index contributed by atoms with van der Waals surface area (Å²) in [6.45, 7) is -0.219. The molecule has 0 atom stereocenters. The number of hydrogen-bond donors (Lipinski definition) is 1. The van der Waals surface area contributed by atoms with Gasteiger partial charge in [-0.25, -0.2) is 4.79 Å². The van der Waals surface area contributed by atoms with Gasteiger partial charge in [-0.2, -0.15) is 0 Å². The number of nitrogens with one attached hydrogen (secondary N) is 1. The van der Waals surface area contributed by atoms with Gasteiger partial charge in [0, 0.05) is 0 Å². The van der Waals surface area contributed by atoms with Crippen LogP contribution in [0.25, 0.3) is 0 Å². The van der Waals surface area contributed by atoms with Crippen molar-refractivity contribution in [3.8, 4) is 0 Å². The number of carbonyl (C=O) groups excluding carboxylic acids is 3. The molecule has 2 aliphatic rings.